The van der Waals surface area contributed by atoms with Crippen LogP contribution in [0.2, 0.25) is 0 Å². The first kappa shape index (κ1) is 11.9. The summed E-state index contributed by atoms with van der Waals surface area (Å²) in [6.45, 7) is 1.71. The predicted octanol–water partition coefficient (Wildman–Crippen LogP) is -1.06. The minimum Gasteiger partial charge on any atom is -0.394 e. The molecule has 1 rings (SSSR count). The molecule has 1 heterocycles. The molecule has 0 aromatic rings. The van der Waals surface area contributed by atoms with Crippen molar-refractivity contribution in [3.05, 3.63) is 0 Å². The summed E-state index contributed by atoms with van der Waals surface area (Å²) in [4.78, 5) is 0. The average molecular weight is 205 g/mol. The Morgan fingerprint density at radius 3 is 2.57 bits per heavy atom. The van der Waals surface area contributed by atoms with Gasteiger partial charge in [0.25, 0.3) is 0 Å². The van der Waals surface area contributed by atoms with Crippen LogP contribution >= 0.6 is 0 Å². The van der Waals surface area contributed by atoms with Gasteiger partial charge in [0.1, 0.15) is 6.10 Å². The van der Waals surface area contributed by atoms with Crippen molar-refractivity contribution in [1.82, 2.24) is 5.32 Å². The topological polar surface area (TPSA) is 71.0 Å². The maximum Gasteiger partial charge on any atom is 0.173 e. The highest BCUT2D eigenvalue weighted by Gasteiger charge is 2.41. The van der Waals surface area contributed by atoms with Crippen molar-refractivity contribution in [2.24, 2.45) is 5.92 Å². The molecule has 5 nitrogen and oxygen atoms in total. The van der Waals surface area contributed by atoms with Gasteiger partial charge in [0, 0.05) is 13.0 Å². The monoisotopic (exact) mass is 205 g/mol. The van der Waals surface area contributed by atoms with E-state index in [9.17, 15) is 5.11 Å². The second-order valence-electron chi connectivity index (χ2n) is 3.63. The lowest BCUT2D eigenvalue weighted by atomic mass is 9.89. The molecule has 1 aliphatic heterocycles. The first-order valence-electron chi connectivity index (χ1n) is 4.80. The molecule has 0 spiro atoms. The summed E-state index contributed by atoms with van der Waals surface area (Å²) in [6.07, 6.45) is -1.64. The summed E-state index contributed by atoms with van der Waals surface area (Å²) in [6, 6.07) is -0.0576. The molecule has 5 heteroatoms. The zero-order valence-corrected chi connectivity index (χ0v) is 8.80. The molecule has 14 heavy (non-hydrogen) atoms. The number of likely N-dealkylation sites (N-methyl/N-ethyl adjacent to an activating group) is 1. The van der Waals surface area contributed by atoms with E-state index in [1.165, 1.54) is 0 Å². The van der Waals surface area contributed by atoms with Gasteiger partial charge in [-0.3, -0.25) is 0 Å². The van der Waals surface area contributed by atoms with Crippen molar-refractivity contribution in [2.75, 3.05) is 20.8 Å². The number of methoxy groups -OCH3 is 1. The molecule has 0 aromatic heterocycles. The van der Waals surface area contributed by atoms with Gasteiger partial charge in [0.2, 0.25) is 0 Å². The van der Waals surface area contributed by atoms with Gasteiger partial charge < -0.3 is 25.0 Å². The quantitative estimate of drug-likeness (QED) is 0.547. The van der Waals surface area contributed by atoms with E-state index in [4.69, 9.17) is 14.6 Å². The van der Waals surface area contributed by atoms with E-state index in [1.54, 1.807) is 14.2 Å². The second-order valence-corrected chi connectivity index (χ2v) is 3.63. The minimum absolute atomic E-state index is 0.0177. The molecule has 1 aliphatic rings. The van der Waals surface area contributed by atoms with E-state index < -0.39 is 18.5 Å². The molecule has 0 radical (unpaired) electrons. The normalized spacial score (nSPS) is 43.9. The Balaban J connectivity index is 2.71. The van der Waals surface area contributed by atoms with Crippen molar-refractivity contribution in [2.45, 2.75) is 31.5 Å². The maximum atomic E-state index is 9.77. The summed E-state index contributed by atoms with van der Waals surface area (Å²) in [7, 11) is 3.34. The van der Waals surface area contributed by atoms with E-state index in [0.29, 0.717) is 0 Å². The van der Waals surface area contributed by atoms with Crippen LogP contribution in [0.1, 0.15) is 6.92 Å². The second kappa shape index (κ2) is 5.04. The van der Waals surface area contributed by atoms with Crippen molar-refractivity contribution in [3.8, 4) is 0 Å². The van der Waals surface area contributed by atoms with Crippen molar-refractivity contribution < 1.29 is 19.7 Å². The van der Waals surface area contributed by atoms with Crippen molar-refractivity contribution in [3.63, 3.8) is 0 Å². The summed E-state index contributed by atoms with van der Waals surface area (Å²) < 4.78 is 10.5. The fourth-order valence-electron chi connectivity index (χ4n) is 1.89. The summed E-state index contributed by atoms with van der Waals surface area (Å²) >= 11 is 0. The molecule has 0 saturated carbocycles. The third-order valence-corrected chi connectivity index (χ3v) is 2.83. The van der Waals surface area contributed by atoms with Crippen molar-refractivity contribution in [1.29, 1.82) is 0 Å². The number of nitrogens with one attached hydrogen (secondary N) is 1. The van der Waals surface area contributed by atoms with E-state index in [-0.39, 0.29) is 18.6 Å². The molecule has 3 N–H and O–H groups in total. The van der Waals surface area contributed by atoms with Gasteiger partial charge in [-0.1, -0.05) is 6.92 Å². The van der Waals surface area contributed by atoms with Crippen LogP contribution in [0.15, 0.2) is 0 Å². The van der Waals surface area contributed by atoms with Crippen LogP contribution in [0.5, 0.6) is 0 Å². The number of aliphatic hydroxyl groups is 2. The van der Waals surface area contributed by atoms with Gasteiger partial charge in [0.05, 0.1) is 18.8 Å². The standard InChI is InChI=1S/C9H19NO4/c1-5-7(10-2)9(13-3)14-6(4-11)8(5)12/h5-12H,4H2,1-3H3/t5-,6?,7?,8+,9+/m1/s1. The summed E-state index contributed by atoms with van der Waals surface area (Å²) in [5.74, 6) is -0.0177. The minimum atomic E-state index is -0.663. The number of hydrogen-bond acceptors (Lipinski definition) is 5. The predicted molar refractivity (Wildman–Crippen MR) is 50.8 cm³/mol. The van der Waals surface area contributed by atoms with Crippen LogP contribution in [0, 0.1) is 5.92 Å². The van der Waals surface area contributed by atoms with Gasteiger partial charge in [-0.2, -0.15) is 0 Å². The van der Waals surface area contributed by atoms with Crippen LogP contribution in [0.3, 0.4) is 0 Å². The molecule has 1 saturated heterocycles. The molecular weight excluding hydrogens is 186 g/mol. The highest BCUT2D eigenvalue weighted by atomic mass is 16.7. The molecule has 5 atom stereocenters. The largest absolute Gasteiger partial charge is 0.394 e. The lowest BCUT2D eigenvalue weighted by Gasteiger charge is -2.42. The van der Waals surface area contributed by atoms with Gasteiger partial charge in [-0.15, -0.1) is 0 Å². The van der Waals surface area contributed by atoms with Crippen molar-refractivity contribution >= 4 is 0 Å². The first-order chi connectivity index (χ1) is 6.65. The fourth-order valence-corrected chi connectivity index (χ4v) is 1.89. The lowest BCUT2D eigenvalue weighted by molar-refractivity contribution is -0.248. The third-order valence-electron chi connectivity index (χ3n) is 2.83. The maximum absolute atomic E-state index is 9.77. The van der Waals surface area contributed by atoms with Gasteiger partial charge in [-0.25, -0.2) is 0 Å². The Hall–Kier alpha value is -0.200. The van der Waals surface area contributed by atoms with Crippen LogP contribution < -0.4 is 5.32 Å². The Kier molecular flexibility index (Phi) is 4.28. The number of aliphatic hydroxyl groups excluding tert-OH is 2. The molecule has 0 amide bonds. The zero-order chi connectivity index (χ0) is 10.7. The number of hydrogen-bond donors (Lipinski definition) is 3. The Labute approximate surface area is 84.0 Å². The van der Waals surface area contributed by atoms with Crippen LogP contribution in [0.4, 0.5) is 0 Å². The van der Waals surface area contributed by atoms with E-state index >= 15 is 0 Å². The Morgan fingerprint density at radius 1 is 1.50 bits per heavy atom. The summed E-state index contributed by atoms with van der Waals surface area (Å²) in [5.41, 5.74) is 0. The Morgan fingerprint density at radius 2 is 2.14 bits per heavy atom. The average Bonchev–Trinajstić information content (AvgIpc) is 2.21. The third kappa shape index (κ3) is 2.07. The highest BCUT2D eigenvalue weighted by molar-refractivity contribution is 4.89. The smallest absolute Gasteiger partial charge is 0.173 e. The van der Waals surface area contributed by atoms with Gasteiger partial charge in [0.15, 0.2) is 6.29 Å². The van der Waals surface area contributed by atoms with E-state index in [0.717, 1.165) is 0 Å². The molecular formula is C9H19NO4. The SMILES string of the molecule is CNC1[C@@H](OC)OC(CO)[C@@H](O)[C@@H]1C. The number of rotatable bonds is 3. The zero-order valence-electron chi connectivity index (χ0n) is 8.80. The molecule has 0 aromatic carbocycles. The molecule has 2 unspecified atom stereocenters. The van der Waals surface area contributed by atoms with E-state index in [2.05, 4.69) is 5.32 Å². The fraction of sp³-hybridized carbons (Fsp3) is 1.00. The van der Waals surface area contributed by atoms with E-state index in [1.807, 2.05) is 6.92 Å². The molecule has 0 aliphatic carbocycles. The van der Waals surface area contributed by atoms with Crippen LogP contribution in [-0.2, 0) is 9.47 Å². The highest BCUT2D eigenvalue weighted by Crippen LogP contribution is 2.25. The van der Waals surface area contributed by atoms with Crippen LogP contribution in [0.25, 0.3) is 0 Å². The molecule has 1 fully saturated rings. The van der Waals surface area contributed by atoms with Crippen LogP contribution in [-0.4, -0.2) is 55.5 Å². The molecule has 0 bridgehead atoms. The Bertz CT molecular complexity index is 176. The summed E-state index contributed by atoms with van der Waals surface area (Å²) in [5, 5.41) is 21.8. The lowest BCUT2D eigenvalue weighted by Crippen LogP contribution is -2.59. The molecule has 84 valence electrons. The first-order valence-corrected chi connectivity index (χ1v) is 4.80. The van der Waals surface area contributed by atoms with Gasteiger partial charge in [-0.05, 0) is 7.05 Å². The van der Waals surface area contributed by atoms with Gasteiger partial charge >= 0.3 is 0 Å². The number of ether oxygens (including phenoxy) is 2.